The second-order valence-corrected chi connectivity index (χ2v) is 17.5. The maximum absolute atomic E-state index is 13.6. The van der Waals surface area contributed by atoms with Gasteiger partial charge < -0.3 is 4.43 Å². The molecule has 3 atom stereocenters. The summed E-state index contributed by atoms with van der Waals surface area (Å²) in [6.45, 7) is 22.0. The van der Waals surface area contributed by atoms with Gasteiger partial charge in [-0.1, -0.05) is 60.6 Å². The second kappa shape index (κ2) is 9.86. The van der Waals surface area contributed by atoms with Gasteiger partial charge in [-0.2, -0.15) is 0 Å². The number of hydrogen-bond acceptors (Lipinski definition) is 4. The van der Waals surface area contributed by atoms with Crippen molar-refractivity contribution in [2.24, 2.45) is 17.3 Å². The Bertz CT molecular complexity index is 517. The summed E-state index contributed by atoms with van der Waals surface area (Å²) in [5.41, 5.74) is -0.333. The molecule has 1 rings (SSSR count). The Labute approximate surface area is 178 Å². The van der Waals surface area contributed by atoms with Gasteiger partial charge in [-0.15, -0.1) is 23.5 Å². The van der Waals surface area contributed by atoms with Gasteiger partial charge in [0.15, 0.2) is 8.32 Å². The molecule has 0 N–H and O–H groups in total. The van der Waals surface area contributed by atoms with Crippen molar-refractivity contribution in [2.45, 2.75) is 90.6 Å². The molecule has 0 aromatic heterocycles. The summed E-state index contributed by atoms with van der Waals surface area (Å²) in [4.78, 5) is 13.6. The van der Waals surface area contributed by atoms with Gasteiger partial charge in [0.2, 0.25) is 0 Å². The molecule has 0 amide bonds. The van der Waals surface area contributed by atoms with Crippen molar-refractivity contribution in [3.63, 3.8) is 0 Å². The summed E-state index contributed by atoms with van der Waals surface area (Å²) in [6.07, 6.45) is 5.47. The molecule has 0 aromatic carbocycles. The highest BCUT2D eigenvalue weighted by molar-refractivity contribution is 8.17. The summed E-state index contributed by atoms with van der Waals surface area (Å²) in [7, 11) is -1.96. The van der Waals surface area contributed by atoms with Crippen LogP contribution < -0.4 is 0 Å². The number of carbonyl (C=O) groups is 1. The lowest BCUT2D eigenvalue weighted by atomic mass is 9.78. The molecule has 0 aromatic rings. The monoisotopic (exact) mass is 430 g/mol. The number of hydrogen-bond donors (Lipinski definition) is 0. The fraction of sp³-hybridized carbons (Fsp3) is 0.864. The topological polar surface area (TPSA) is 26.3 Å². The quantitative estimate of drug-likeness (QED) is 0.305. The third-order valence-electron chi connectivity index (χ3n) is 6.21. The van der Waals surface area contributed by atoms with Crippen LogP contribution in [-0.4, -0.2) is 36.3 Å². The minimum Gasteiger partial charge on any atom is -0.413 e. The Balaban J connectivity index is 3.11. The third kappa shape index (κ3) is 6.38. The summed E-state index contributed by atoms with van der Waals surface area (Å²) >= 11 is 3.92. The van der Waals surface area contributed by atoms with E-state index in [0.717, 1.165) is 0 Å². The van der Waals surface area contributed by atoms with E-state index in [2.05, 4.69) is 73.7 Å². The first kappa shape index (κ1) is 25.3. The zero-order chi connectivity index (χ0) is 21.0. The van der Waals surface area contributed by atoms with Gasteiger partial charge >= 0.3 is 0 Å². The molecular formula is C22H42O2S2Si. The van der Waals surface area contributed by atoms with Crippen molar-refractivity contribution in [3.05, 3.63) is 12.2 Å². The van der Waals surface area contributed by atoms with Crippen molar-refractivity contribution in [1.82, 2.24) is 0 Å². The van der Waals surface area contributed by atoms with E-state index in [1.165, 1.54) is 17.9 Å². The molecule has 0 unspecified atom stereocenters. The van der Waals surface area contributed by atoms with Crippen LogP contribution in [0.2, 0.25) is 18.1 Å². The molecule has 0 radical (unpaired) electrons. The van der Waals surface area contributed by atoms with Crippen LogP contribution in [0.3, 0.4) is 0 Å². The van der Waals surface area contributed by atoms with E-state index in [9.17, 15) is 4.79 Å². The van der Waals surface area contributed by atoms with E-state index in [0.29, 0.717) is 10.4 Å². The highest BCUT2D eigenvalue weighted by atomic mass is 32.2. The molecule has 27 heavy (non-hydrogen) atoms. The van der Waals surface area contributed by atoms with Crippen LogP contribution in [0.15, 0.2) is 12.2 Å². The number of carbonyl (C=O) groups excluding carboxylic acids is 1. The number of allylic oxidation sites excluding steroid dienone is 1. The average Bonchev–Trinajstić information content (AvgIpc) is 2.58. The molecule has 1 saturated heterocycles. The fourth-order valence-electron chi connectivity index (χ4n) is 3.35. The van der Waals surface area contributed by atoms with Crippen molar-refractivity contribution in [2.75, 3.05) is 11.5 Å². The predicted molar refractivity (Wildman–Crippen MR) is 127 cm³/mol. The van der Waals surface area contributed by atoms with Gasteiger partial charge in [0.05, 0.1) is 10.7 Å². The Kier molecular flexibility index (Phi) is 9.25. The van der Waals surface area contributed by atoms with Crippen LogP contribution in [0, 0.1) is 17.3 Å². The molecule has 0 bridgehead atoms. The van der Waals surface area contributed by atoms with Crippen LogP contribution in [-0.2, 0) is 9.22 Å². The van der Waals surface area contributed by atoms with Gasteiger partial charge in [0.25, 0.3) is 0 Å². The maximum Gasteiger partial charge on any atom is 0.192 e. The molecule has 5 heteroatoms. The van der Waals surface area contributed by atoms with Crippen molar-refractivity contribution in [1.29, 1.82) is 0 Å². The summed E-state index contributed by atoms with van der Waals surface area (Å²) in [5.74, 6) is 2.81. The van der Waals surface area contributed by atoms with Gasteiger partial charge in [-0.3, -0.25) is 4.79 Å². The molecule has 0 aliphatic carbocycles. The lowest BCUT2D eigenvalue weighted by Gasteiger charge is -2.44. The van der Waals surface area contributed by atoms with Gasteiger partial charge in [0.1, 0.15) is 5.78 Å². The van der Waals surface area contributed by atoms with Crippen LogP contribution in [0.4, 0.5) is 0 Å². The Hall–Kier alpha value is 0.287. The standard InChI is InChI=1S/C22H42O2S2Si/c1-11-13-16(2)18(24-27(9,10)21(4,5)6)17(3)19(23)22(7,8)20-25-14-12-15-26-20/h11,13,16-18,20H,12,14-15H2,1-10H3/t16-,17+,18-/m0/s1. The zero-order valence-corrected chi connectivity index (χ0v) is 21.9. The van der Waals surface area contributed by atoms with Crippen LogP contribution in [0.25, 0.3) is 0 Å². The molecule has 1 aliphatic rings. The number of rotatable bonds is 8. The van der Waals surface area contributed by atoms with E-state index in [1.807, 2.05) is 30.4 Å². The number of thioether (sulfide) groups is 2. The van der Waals surface area contributed by atoms with E-state index >= 15 is 0 Å². The number of ketones is 1. The summed E-state index contributed by atoms with van der Waals surface area (Å²) in [6, 6.07) is 0. The SMILES string of the molecule is CC=C[C@H](C)[C@H](O[Si](C)(C)C(C)(C)C)[C@@H](C)C(=O)C(C)(C)C1SCCCS1. The van der Waals surface area contributed by atoms with Crippen molar-refractivity contribution in [3.8, 4) is 0 Å². The van der Waals surface area contributed by atoms with E-state index in [1.54, 1.807) is 0 Å². The molecule has 2 nitrogen and oxygen atoms in total. The minimum atomic E-state index is -1.96. The predicted octanol–water partition coefficient (Wildman–Crippen LogP) is 7.02. The molecule has 1 fully saturated rings. The summed E-state index contributed by atoms with van der Waals surface area (Å²) < 4.78 is 7.19. The van der Waals surface area contributed by atoms with Crippen molar-refractivity contribution >= 4 is 37.6 Å². The normalized spacial score (nSPS) is 21.3. The Morgan fingerprint density at radius 2 is 1.63 bits per heavy atom. The lowest BCUT2D eigenvalue weighted by Crippen LogP contribution is -2.50. The first-order chi connectivity index (χ1) is 12.3. The lowest BCUT2D eigenvalue weighted by molar-refractivity contribution is -0.133. The minimum absolute atomic E-state index is 0.0625. The van der Waals surface area contributed by atoms with Crippen LogP contribution in [0.5, 0.6) is 0 Å². The van der Waals surface area contributed by atoms with E-state index < -0.39 is 8.32 Å². The summed E-state index contributed by atoms with van der Waals surface area (Å²) in [5, 5.41) is 0.133. The highest BCUT2D eigenvalue weighted by Crippen LogP contribution is 2.46. The third-order valence-corrected chi connectivity index (χ3v) is 14.3. The zero-order valence-electron chi connectivity index (χ0n) is 19.2. The van der Waals surface area contributed by atoms with Crippen molar-refractivity contribution < 1.29 is 9.22 Å². The molecular weight excluding hydrogens is 388 g/mol. The van der Waals surface area contributed by atoms with Gasteiger partial charge in [-0.05, 0) is 48.9 Å². The molecule has 0 saturated carbocycles. The largest absolute Gasteiger partial charge is 0.413 e. The van der Waals surface area contributed by atoms with E-state index in [4.69, 9.17) is 4.43 Å². The smallest absolute Gasteiger partial charge is 0.192 e. The van der Waals surface area contributed by atoms with E-state index in [-0.39, 0.29) is 28.4 Å². The van der Waals surface area contributed by atoms with Crippen LogP contribution in [0.1, 0.15) is 61.8 Å². The Morgan fingerprint density at radius 3 is 2.07 bits per heavy atom. The maximum atomic E-state index is 13.6. The first-order valence-electron chi connectivity index (χ1n) is 10.3. The first-order valence-corrected chi connectivity index (χ1v) is 15.3. The Morgan fingerprint density at radius 1 is 1.11 bits per heavy atom. The highest BCUT2D eigenvalue weighted by Gasteiger charge is 2.46. The molecule has 1 heterocycles. The van der Waals surface area contributed by atoms with Crippen LogP contribution >= 0.6 is 23.5 Å². The second-order valence-electron chi connectivity index (χ2n) is 10.0. The van der Waals surface area contributed by atoms with Gasteiger partial charge in [0, 0.05) is 11.3 Å². The van der Waals surface area contributed by atoms with Gasteiger partial charge in [-0.25, -0.2) is 0 Å². The molecule has 0 spiro atoms. The average molecular weight is 431 g/mol. The number of Topliss-reactive ketones (excluding diaryl/α,β-unsaturated/α-hetero) is 1. The fourth-order valence-corrected chi connectivity index (χ4v) is 8.06. The molecule has 1 aliphatic heterocycles. The molecule has 158 valence electrons.